The Balaban J connectivity index is 2.71. The Labute approximate surface area is 150 Å². The summed E-state index contributed by atoms with van der Waals surface area (Å²) < 4.78 is 5.74. The number of phenols is 2. The summed E-state index contributed by atoms with van der Waals surface area (Å²) in [5.74, 6) is -2.13. The van der Waals surface area contributed by atoms with Crippen LogP contribution in [0.2, 0.25) is 0 Å². The molecular formula is C20H32O5. The summed E-state index contributed by atoms with van der Waals surface area (Å²) in [7, 11) is 0. The van der Waals surface area contributed by atoms with Gasteiger partial charge in [-0.1, -0.05) is 58.8 Å². The smallest absolute Gasteiger partial charge is 0.343 e. The Hall–Kier alpha value is -1.91. The topological polar surface area (TPSA) is 87.0 Å². The molecule has 0 radical (unpaired) electrons. The first kappa shape index (κ1) is 21.1. The molecule has 5 nitrogen and oxygen atoms in total. The van der Waals surface area contributed by atoms with Crippen LogP contribution in [0.15, 0.2) is 6.07 Å². The standard InChI is InChI=1S/C20H32O5/c1-3-5-7-8-9-10-11-13-25-19-15(12-6-4-2)14-16(21)18(22)17(19)20(23)24/h14,21-22H,3-13H2,1-2H3,(H,23,24). The van der Waals surface area contributed by atoms with Gasteiger partial charge < -0.3 is 20.1 Å². The molecule has 0 aliphatic rings. The van der Waals surface area contributed by atoms with E-state index in [-0.39, 0.29) is 11.3 Å². The van der Waals surface area contributed by atoms with Crippen molar-refractivity contribution in [3.63, 3.8) is 0 Å². The highest BCUT2D eigenvalue weighted by atomic mass is 16.5. The highest BCUT2D eigenvalue weighted by molar-refractivity contribution is 5.95. The molecule has 25 heavy (non-hydrogen) atoms. The molecule has 0 fully saturated rings. The van der Waals surface area contributed by atoms with E-state index in [4.69, 9.17) is 4.74 Å². The average molecular weight is 352 g/mol. The van der Waals surface area contributed by atoms with Gasteiger partial charge in [-0.15, -0.1) is 0 Å². The molecule has 0 aliphatic heterocycles. The number of carboxylic acid groups (broad SMARTS) is 1. The van der Waals surface area contributed by atoms with Gasteiger partial charge >= 0.3 is 5.97 Å². The third-order valence-corrected chi connectivity index (χ3v) is 4.32. The van der Waals surface area contributed by atoms with Crippen molar-refractivity contribution in [2.24, 2.45) is 0 Å². The number of aryl methyl sites for hydroxylation is 1. The van der Waals surface area contributed by atoms with Crippen molar-refractivity contribution in [3.05, 3.63) is 17.2 Å². The molecule has 1 aromatic rings. The average Bonchev–Trinajstić information content (AvgIpc) is 2.58. The third-order valence-electron chi connectivity index (χ3n) is 4.32. The van der Waals surface area contributed by atoms with Gasteiger partial charge in [0.2, 0.25) is 0 Å². The molecule has 0 spiro atoms. The van der Waals surface area contributed by atoms with Crippen LogP contribution in [-0.4, -0.2) is 27.9 Å². The van der Waals surface area contributed by atoms with Crippen LogP contribution in [0.5, 0.6) is 17.2 Å². The SMILES string of the molecule is CCCCCCCCCOc1c(CCCC)cc(O)c(O)c1C(=O)O. The summed E-state index contributed by atoms with van der Waals surface area (Å²) in [6.07, 6.45) is 10.4. The normalized spacial score (nSPS) is 10.8. The number of benzene rings is 1. The van der Waals surface area contributed by atoms with Crippen LogP contribution in [-0.2, 0) is 6.42 Å². The molecule has 0 atom stereocenters. The second kappa shape index (κ2) is 11.6. The van der Waals surface area contributed by atoms with Crippen molar-refractivity contribution in [3.8, 4) is 17.2 Å². The highest BCUT2D eigenvalue weighted by Crippen LogP contribution is 2.39. The molecule has 5 heteroatoms. The molecule has 0 unspecified atom stereocenters. The highest BCUT2D eigenvalue weighted by Gasteiger charge is 2.24. The van der Waals surface area contributed by atoms with E-state index in [1.54, 1.807) is 0 Å². The van der Waals surface area contributed by atoms with Gasteiger partial charge in [0, 0.05) is 0 Å². The molecule has 1 rings (SSSR count). The number of unbranched alkanes of at least 4 members (excludes halogenated alkanes) is 7. The Bertz CT molecular complexity index is 539. The predicted molar refractivity (Wildman–Crippen MR) is 98.8 cm³/mol. The number of hydrogen-bond donors (Lipinski definition) is 3. The predicted octanol–water partition coefficient (Wildman–Crippen LogP) is 5.27. The van der Waals surface area contributed by atoms with E-state index >= 15 is 0 Å². The van der Waals surface area contributed by atoms with E-state index in [0.29, 0.717) is 18.6 Å². The van der Waals surface area contributed by atoms with Crippen LogP contribution in [0, 0.1) is 0 Å². The Morgan fingerprint density at radius 1 is 0.960 bits per heavy atom. The minimum atomic E-state index is -1.29. The van der Waals surface area contributed by atoms with Crippen LogP contribution in [0.3, 0.4) is 0 Å². The van der Waals surface area contributed by atoms with Crippen molar-refractivity contribution >= 4 is 5.97 Å². The Morgan fingerprint density at radius 3 is 2.16 bits per heavy atom. The van der Waals surface area contributed by atoms with E-state index in [9.17, 15) is 20.1 Å². The third kappa shape index (κ3) is 6.85. The van der Waals surface area contributed by atoms with Gasteiger partial charge in [-0.2, -0.15) is 0 Å². The quantitative estimate of drug-likeness (QED) is 0.332. The number of aromatic hydroxyl groups is 2. The maximum atomic E-state index is 11.5. The van der Waals surface area contributed by atoms with Crippen LogP contribution >= 0.6 is 0 Å². The van der Waals surface area contributed by atoms with Crippen LogP contribution < -0.4 is 4.74 Å². The molecule has 0 saturated heterocycles. The van der Waals surface area contributed by atoms with Gasteiger partial charge in [-0.05, 0) is 30.9 Å². The lowest BCUT2D eigenvalue weighted by molar-refractivity contribution is 0.0687. The van der Waals surface area contributed by atoms with Gasteiger partial charge in [0.25, 0.3) is 0 Å². The van der Waals surface area contributed by atoms with Crippen LogP contribution in [0.1, 0.15) is 87.6 Å². The fraction of sp³-hybridized carbons (Fsp3) is 0.650. The largest absolute Gasteiger partial charge is 0.504 e. The fourth-order valence-corrected chi connectivity index (χ4v) is 2.84. The van der Waals surface area contributed by atoms with Gasteiger partial charge in [-0.3, -0.25) is 0 Å². The van der Waals surface area contributed by atoms with E-state index in [0.717, 1.165) is 32.1 Å². The second-order valence-corrected chi connectivity index (χ2v) is 6.49. The van der Waals surface area contributed by atoms with Crippen molar-refractivity contribution in [2.45, 2.75) is 78.1 Å². The molecule has 0 aromatic heterocycles. The summed E-state index contributed by atoms with van der Waals surface area (Å²) in [6, 6.07) is 1.41. The fourth-order valence-electron chi connectivity index (χ4n) is 2.84. The van der Waals surface area contributed by atoms with Gasteiger partial charge in [0.15, 0.2) is 11.5 Å². The minimum absolute atomic E-state index is 0.197. The lowest BCUT2D eigenvalue weighted by Gasteiger charge is -2.16. The molecule has 0 bridgehead atoms. The molecule has 0 amide bonds. The summed E-state index contributed by atoms with van der Waals surface area (Å²) in [5, 5.41) is 29.1. The van der Waals surface area contributed by atoms with E-state index in [1.807, 2.05) is 6.92 Å². The summed E-state index contributed by atoms with van der Waals surface area (Å²) in [4.78, 5) is 11.5. The summed E-state index contributed by atoms with van der Waals surface area (Å²) in [5.41, 5.74) is 0.298. The number of phenolic OH excluding ortho intramolecular Hbond substituents is 1. The zero-order chi connectivity index (χ0) is 18.7. The Morgan fingerprint density at radius 2 is 1.56 bits per heavy atom. The lowest BCUT2D eigenvalue weighted by atomic mass is 10.0. The first-order chi connectivity index (χ1) is 12.0. The van der Waals surface area contributed by atoms with Gasteiger partial charge in [-0.25, -0.2) is 4.79 Å². The molecule has 142 valence electrons. The number of carbonyl (C=O) groups is 1. The van der Waals surface area contributed by atoms with Crippen LogP contribution in [0.25, 0.3) is 0 Å². The Kier molecular flexibility index (Phi) is 9.81. The second-order valence-electron chi connectivity index (χ2n) is 6.49. The number of carboxylic acids is 1. The molecule has 0 saturated carbocycles. The number of rotatable bonds is 13. The molecule has 0 heterocycles. The number of hydrogen-bond acceptors (Lipinski definition) is 4. The van der Waals surface area contributed by atoms with Crippen molar-refractivity contribution in [2.75, 3.05) is 6.61 Å². The minimum Gasteiger partial charge on any atom is -0.504 e. The number of aromatic carboxylic acids is 1. The zero-order valence-corrected chi connectivity index (χ0v) is 15.5. The van der Waals surface area contributed by atoms with Crippen LogP contribution in [0.4, 0.5) is 0 Å². The maximum Gasteiger partial charge on any atom is 0.343 e. The molecule has 0 aliphatic carbocycles. The van der Waals surface area contributed by atoms with Gasteiger partial charge in [0.05, 0.1) is 6.61 Å². The first-order valence-corrected chi connectivity index (χ1v) is 9.46. The van der Waals surface area contributed by atoms with Gasteiger partial charge in [0.1, 0.15) is 11.3 Å². The van der Waals surface area contributed by atoms with Crippen molar-refractivity contribution in [1.29, 1.82) is 0 Å². The molecule has 3 N–H and O–H groups in total. The van der Waals surface area contributed by atoms with E-state index < -0.39 is 17.5 Å². The van der Waals surface area contributed by atoms with Crippen molar-refractivity contribution in [1.82, 2.24) is 0 Å². The molecule has 1 aromatic carbocycles. The summed E-state index contributed by atoms with van der Waals surface area (Å²) in [6.45, 7) is 4.64. The van der Waals surface area contributed by atoms with E-state index in [2.05, 4.69) is 6.92 Å². The van der Waals surface area contributed by atoms with E-state index in [1.165, 1.54) is 31.7 Å². The maximum absolute atomic E-state index is 11.5. The van der Waals surface area contributed by atoms with Crippen molar-refractivity contribution < 1.29 is 24.9 Å². The molecular weight excluding hydrogens is 320 g/mol. The zero-order valence-electron chi connectivity index (χ0n) is 15.5. The first-order valence-electron chi connectivity index (χ1n) is 9.46. The number of ether oxygens (including phenoxy) is 1. The summed E-state index contributed by atoms with van der Waals surface area (Å²) >= 11 is 0. The monoisotopic (exact) mass is 352 g/mol. The lowest BCUT2D eigenvalue weighted by Crippen LogP contribution is -2.08.